The summed E-state index contributed by atoms with van der Waals surface area (Å²) in [4.78, 5) is 25.0. The molecule has 0 atom stereocenters. The summed E-state index contributed by atoms with van der Waals surface area (Å²) in [6, 6.07) is 16.5. The zero-order valence-electron chi connectivity index (χ0n) is 17.3. The fraction of sp³-hybridized carbons (Fsp3) is 0.200. The SMILES string of the molecule is C=CCNC(=O)/C(=C\C=C/c1ccccc1)NC(=O)c1ccc(OCCCC)cc1. The lowest BCUT2D eigenvalue weighted by molar-refractivity contribution is -0.117. The minimum absolute atomic E-state index is 0.150. The number of unbranched alkanes of at least 4 members (excludes halogenated alkanes) is 1. The second-order valence-corrected chi connectivity index (χ2v) is 6.53. The van der Waals surface area contributed by atoms with Gasteiger partial charge in [0.25, 0.3) is 11.8 Å². The molecule has 0 spiro atoms. The summed E-state index contributed by atoms with van der Waals surface area (Å²) in [7, 11) is 0. The van der Waals surface area contributed by atoms with Gasteiger partial charge >= 0.3 is 0 Å². The van der Waals surface area contributed by atoms with Crippen molar-refractivity contribution in [3.8, 4) is 5.75 Å². The van der Waals surface area contributed by atoms with Gasteiger partial charge in [-0.25, -0.2) is 0 Å². The third-order valence-electron chi connectivity index (χ3n) is 4.13. The number of amides is 2. The Balaban J connectivity index is 2.09. The van der Waals surface area contributed by atoms with Gasteiger partial charge in [0.1, 0.15) is 11.4 Å². The first-order valence-electron chi connectivity index (χ1n) is 10.0. The number of nitrogens with one attached hydrogen (secondary N) is 2. The van der Waals surface area contributed by atoms with E-state index in [1.54, 1.807) is 42.5 Å². The summed E-state index contributed by atoms with van der Waals surface area (Å²) in [5.74, 6) is -0.0472. The van der Waals surface area contributed by atoms with Crippen molar-refractivity contribution in [2.45, 2.75) is 19.8 Å². The lowest BCUT2D eigenvalue weighted by Gasteiger charge is -2.10. The van der Waals surface area contributed by atoms with Crippen LogP contribution >= 0.6 is 0 Å². The predicted molar refractivity (Wildman–Crippen MR) is 121 cm³/mol. The van der Waals surface area contributed by atoms with Crippen LogP contribution in [0.5, 0.6) is 5.75 Å². The molecular formula is C25H28N2O3. The van der Waals surface area contributed by atoms with Crippen molar-refractivity contribution in [1.29, 1.82) is 0 Å². The molecular weight excluding hydrogens is 376 g/mol. The molecule has 0 aliphatic carbocycles. The van der Waals surface area contributed by atoms with Gasteiger partial charge in [-0.15, -0.1) is 6.58 Å². The molecule has 0 heterocycles. The molecule has 0 saturated carbocycles. The van der Waals surface area contributed by atoms with E-state index in [-0.39, 0.29) is 17.5 Å². The van der Waals surface area contributed by atoms with E-state index in [4.69, 9.17) is 4.74 Å². The van der Waals surface area contributed by atoms with Crippen molar-refractivity contribution in [2.75, 3.05) is 13.2 Å². The minimum Gasteiger partial charge on any atom is -0.494 e. The monoisotopic (exact) mass is 404 g/mol. The van der Waals surface area contributed by atoms with Crippen LogP contribution in [0, 0.1) is 0 Å². The number of allylic oxidation sites excluding steroid dienone is 2. The van der Waals surface area contributed by atoms with Crippen molar-refractivity contribution >= 4 is 17.9 Å². The highest BCUT2D eigenvalue weighted by Crippen LogP contribution is 2.13. The van der Waals surface area contributed by atoms with Crippen LogP contribution in [0.2, 0.25) is 0 Å². The Bertz CT molecular complexity index is 884. The lowest BCUT2D eigenvalue weighted by atomic mass is 10.2. The molecule has 30 heavy (non-hydrogen) atoms. The molecule has 0 fully saturated rings. The van der Waals surface area contributed by atoms with Crippen molar-refractivity contribution in [3.05, 3.63) is 96.2 Å². The summed E-state index contributed by atoms with van der Waals surface area (Å²) >= 11 is 0. The third kappa shape index (κ3) is 7.80. The molecule has 2 amide bonds. The molecule has 0 unspecified atom stereocenters. The maximum Gasteiger partial charge on any atom is 0.268 e. The molecule has 0 aliphatic rings. The molecule has 5 nitrogen and oxygen atoms in total. The second-order valence-electron chi connectivity index (χ2n) is 6.53. The maximum absolute atomic E-state index is 12.6. The van der Waals surface area contributed by atoms with Gasteiger partial charge < -0.3 is 15.4 Å². The minimum atomic E-state index is -0.388. The van der Waals surface area contributed by atoms with E-state index in [0.717, 1.165) is 18.4 Å². The van der Waals surface area contributed by atoms with Gasteiger partial charge in [-0.3, -0.25) is 9.59 Å². The summed E-state index contributed by atoms with van der Waals surface area (Å²) < 4.78 is 5.61. The summed E-state index contributed by atoms with van der Waals surface area (Å²) in [6.07, 6.45) is 8.77. The molecule has 2 aromatic rings. The van der Waals surface area contributed by atoms with Crippen LogP contribution in [0.25, 0.3) is 6.08 Å². The van der Waals surface area contributed by atoms with Crippen LogP contribution in [0.15, 0.2) is 85.1 Å². The highest BCUT2D eigenvalue weighted by atomic mass is 16.5. The quantitative estimate of drug-likeness (QED) is 0.251. The fourth-order valence-electron chi connectivity index (χ4n) is 2.49. The van der Waals surface area contributed by atoms with Gasteiger partial charge in [-0.05, 0) is 42.3 Å². The molecule has 2 rings (SSSR count). The highest BCUT2D eigenvalue weighted by molar-refractivity contribution is 6.03. The van der Waals surface area contributed by atoms with Crippen LogP contribution < -0.4 is 15.4 Å². The Labute approximate surface area is 178 Å². The first-order chi connectivity index (χ1) is 14.6. The van der Waals surface area contributed by atoms with Gasteiger partial charge in [0.05, 0.1) is 6.61 Å². The van der Waals surface area contributed by atoms with E-state index >= 15 is 0 Å². The lowest BCUT2D eigenvalue weighted by Crippen LogP contribution is -2.34. The van der Waals surface area contributed by atoms with E-state index in [1.165, 1.54) is 0 Å². The number of rotatable bonds is 11. The molecule has 156 valence electrons. The number of carbonyl (C=O) groups excluding carboxylic acids is 2. The Morgan fingerprint density at radius 2 is 1.80 bits per heavy atom. The number of carbonyl (C=O) groups is 2. The topological polar surface area (TPSA) is 67.4 Å². The van der Waals surface area contributed by atoms with Crippen LogP contribution in [0.3, 0.4) is 0 Å². The molecule has 0 aliphatic heterocycles. The zero-order chi connectivity index (χ0) is 21.6. The van der Waals surface area contributed by atoms with Gasteiger partial charge in [0.2, 0.25) is 0 Å². The van der Waals surface area contributed by atoms with Crippen molar-refractivity contribution in [1.82, 2.24) is 10.6 Å². The van der Waals surface area contributed by atoms with E-state index in [1.807, 2.05) is 36.4 Å². The largest absolute Gasteiger partial charge is 0.494 e. The maximum atomic E-state index is 12.6. The van der Waals surface area contributed by atoms with Gasteiger partial charge in [0.15, 0.2) is 0 Å². The predicted octanol–water partition coefficient (Wildman–Crippen LogP) is 4.49. The highest BCUT2D eigenvalue weighted by Gasteiger charge is 2.13. The summed E-state index contributed by atoms with van der Waals surface area (Å²) in [5, 5.41) is 5.37. The molecule has 5 heteroatoms. The molecule has 2 aromatic carbocycles. The molecule has 0 bridgehead atoms. The summed E-state index contributed by atoms with van der Waals surface area (Å²) in [5.41, 5.74) is 1.58. The zero-order valence-corrected chi connectivity index (χ0v) is 17.3. The van der Waals surface area contributed by atoms with Gasteiger partial charge in [-0.1, -0.05) is 61.9 Å². The van der Waals surface area contributed by atoms with Gasteiger partial charge in [0, 0.05) is 12.1 Å². The molecule has 2 N–H and O–H groups in total. The number of ether oxygens (including phenoxy) is 1. The standard InChI is InChI=1S/C25H28N2O3/c1-3-5-19-30-22-16-14-21(15-17-22)24(28)27-23(25(29)26-18-4-2)13-9-12-20-10-7-6-8-11-20/h4,6-17H,2-3,5,18-19H2,1H3,(H,26,29)(H,27,28)/b12-9-,23-13+. The van der Waals surface area contributed by atoms with Crippen molar-refractivity contribution in [3.63, 3.8) is 0 Å². The molecule has 0 radical (unpaired) electrons. The number of benzene rings is 2. The van der Waals surface area contributed by atoms with Crippen molar-refractivity contribution < 1.29 is 14.3 Å². The Hall–Kier alpha value is -3.60. The second kappa shape index (κ2) is 12.8. The van der Waals surface area contributed by atoms with Crippen LogP contribution in [-0.2, 0) is 4.79 Å². The fourth-order valence-corrected chi connectivity index (χ4v) is 2.49. The average molecular weight is 405 g/mol. The smallest absolute Gasteiger partial charge is 0.268 e. The van der Waals surface area contributed by atoms with E-state index in [0.29, 0.717) is 24.5 Å². The van der Waals surface area contributed by atoms with Crippen LogP contribution in [0.4, 0.5) is 0 Å². The van der Waals surface area contributed by atoms with E-state index < -0.39 is 0 Å². The first-order valence-corrected chi connectivity index (χ1v) is 10.0. The van der Waals surface area contributed by atoms with E-state index in [9.17, 15) is 9.59 Å². The van der Waals surface area contributed by atoms with Crippen LogP contribution in [-0.4, -0.2) is 25.0 Å². The van der Waals surface area contributed by atoms with Crippen molar-refractivity contribution in [2.24, 2.45) is 0 Å². The number of hydrogen-bond donors (Lipinski definition) is 2. The Kier molecular flexibility index (Phi) is 9.66. The van der Waals surface area contributed by atoms with E-state index in [2.05, 4.69) is 24.1 Å². The third-order valence-corrected chi connectivity index (χ3v) is 4.13. The van der Waals surface area contributed by atoms with Crippen LogP contribution in [0.1, 0.15) is 35.7 Å². The average Bonchev–Trinajstić information content (AvgIpc) is 2.78. The Morgan fingerprint density at radius 3 is 2.47 bits per heavy atom. The normalized spacial score (nSPS) is 11.2. The molecule has 0 saturated heterocycles. The van der Waals surface area contributed by atoms with Gasteiger partial charge in [-0.2, -0.15) is 0 Å². The number of hydrogen-bond acceptors (Lipinski definition) is 3. The Morgan fingerprint density at radius 1 is 1.07 bits per heavy atom. The molecule has 0 aromatic heterocycles. The first kappa shape index (κ1) is 22.7. The summed E-state index contributed by atoms with van der Waals surface area (Å²) in [6.45, 7) is 6.64.